The van der Waals surface area contributed by atoms with Crippen molar-refractivity contribution in [2.75, 3.05) is 18.9 Å². The Hall–Kier alpha value is -4.09. The summed E-state index contributed by atoms with van der Waals surface area (Å²) in [6, 6.07) is 11.3. The van der Waals surface area contributed by atoms with E-state index in [4.69, 9.17) is 31.8 Å². The fourth-order valence-corrected chi connectivity index (χ4v) is 6.68. The smallest absolute Gasteiger partial charge is 0.207 e. The second-order valence-corrected chi connectivity index (χ2v) is 13.1. The number of anilines is 1. The Labute approximate surface area is 275 Å². The van der Waals surface area contributed by atoms with Gasteiger partial charge in [0, 0.05) is 51.8 Å². The van der Waals surface area contributed by atoms with Crippen molar-refractivity contribution in [3.05, 3.63) is 75.0 Å². The Morgan fingerprint density at radius 1 is 1.26 bits per heavy atom. The zero-order valence-corrected chi connectivity index (χ0v) is 27.1. The number of ether oxygens (including phenoxy) is 1. The van der Waals surface area contributed by atoms with Gasteiger partial charge in [-0.05, 0) is 62.4 Å². The molecule has 2 fully saturated rings. The van der Waals surface area contributed by atoms with Crippen molar-refractivity contribution in [3.63, 3.8) is 0 Å². The number of hydrogen-bond acceptors (Lipinski definition) is 7. The number of primary amides is 1. The first kappa shape index (κ1) is 33.3. The number of nitrogens with one attached hydrogen (secondary N) is 1. The van der Waals surface area contributed by atoms with Gasteiger partial charge in [0.2, 0.25) is 12.8 Å². The van der Waals surface area contributed by atoms with Crippen molar-refractivity contribution in [2.24, 2.45) is 10.7 Å². The lowest BCUT2D eigenvalue weighted by molar-refractivity contribution is -0.109. The van der Waals surface area contributed by atoms with E-state index in [-0.39, 0.29) is 24.7 Å². The molecule has 2 saturated carbocycles. The molecule has 0 spiro atoms. The number of rotatable bonds is 8. The molecular weight excluding hydrogens is 632 g/mol. The number of amides is 2. The van der Waals surface area contributed by atoms with Crippen LogP contribution in [-0.2, 0) is 9.59 Å². The highest BCUT2D eigenvalue weighted by Crippen LogP contribution is 2.52. The largest absolute Gasteiger partial charge is 0.490 e. The van der Waals surface area contributed by atoms with Crippen molar-refractivity contribution >= 4 is 57.7 Å². The zero-order valence-electron chi connectivity index (χ0n) is 25.6. The average Bonchev–Trinajstić information content (AvgIpc) is 3.93. The molecule has 1 aliphatic heterocycles. The maximum atomic E-state index is 15.1. The molecule has 8 nitrogen and oxygen atoms in total. The Morgan fingerprint density at radius 3 is 2.67 bits per heavy atom. The minimum absolute atomic E-state index is 0.154. The molecule has 7 rings (SSSR count). The number of nitrogen functional groups attached to an aromatic ring is 1. The molecule has 12 heteroatoms. The standard InChI is InChI=1S/C22H20F2N2O2S.C11H13ClN2.CH3NO/c1-12-9-28-20-14(12)7-18(16(8-25-11-27)22(24)5-6-22)26-19(20)15-10-29-21-13(15)3-2-4-17(21)23;1-7-4-8(6-14-9-2-3-9)11(13)10(12)5-7;2-1-3/h2-4,7,10-12,16H,5-6,8-9H2,1H3,(H,25,27);4-6,9H,2-3,13H2,1H3;1H,(H2,2,3). The summed E-state index contributed by atoms with van der Waals surface area (Å²) >= 11 is 7.29. The van der Waals surface area contributed by atoms with Crippen LogP contribution in [0.5, 0.6) is 5.75 Å². The van der Waals surface area contributed by atoms with Gasteiger partial charge in [0.05, 0.1) is 34.0 Å². The molecule has 2 unspecified atom stereocenters. The SMILES string of the molecule is CC1COc2c1cc(C(CNC=O)C1(F)CC1)nc2-c1csc2c(F)cccc12.Cc1cc(Cl)c(N)c(C=NC2CC2)c1.NC=O. The fraction of sp³-hybridized carbons (Fsp3) is 0.353. The third-order valence-corrected chi connectivity index (χ3v) is 9.55. The summed E-state index contributed by atoms with van der Waals surface area (Å²) in [6.45, 7) is 4.78. The van der Waals surface area contributed by atoms with Crippen LogP contribution in [0.15, 0.2) is 46.8 Å². The summed E-state index contributed by atoms with van der Waals surface area (Å²) in [5.74, 6) is 0.0540. The Balaban J connectivity index is 0.000000205. The van der Waals surface area contributed by atoms with Crippen LogP contribution in [0.1, 0.15) is 66.8 Å². The van der Waals surface area contributed by atoms with Crippen molar-refractivity contribution in [1.82, 2.24) is 10.3 Å². The van der Waals surface area contributed by atoms with Crippen molar-refractivity contribution in [2.45, 2.75) is 63.1 Å². The summed E-state index contributed by atoms with van der Waals surface area (Å²) in [4.78, 5) is 28.6. The number of pyridine rings is 1. The number of halogens is 3. The van der Waals surface area contributed by atoms with Gasteiger partial charge in [0.1, 0.15) is 22.9 Å². The molecule has 2 aliphatic carbocycles. The number of aryl methyl sites for hydroxylation is 1. The minimum atomic E-state index is -1.35. The number of fused-ring (bicyclic) bond motifs is 2. The van der Waals surface area contributed by atoms with Gasteiger partial charge in [-0.25, -0.2) is 13.8 Å². The van der Waals surface area contributed by atoms with E-state index in [0.717, 1.165) is 27.6 Å². The number of nitrogens with zero attached hydrogens (tertiary/aromatic N) is 2. The number of alkyl halides is 1. The topological polar surface area (TPSA) is 133 Å². The average molecular weight is 668 g/mol. The van der Waals surface area contributed by atoms with E-state index in [9.17, 15) is 9.18 Å². The van der Waals surface area contributed by atoms with Crippen LogP contribution in [-0.4, -0.2) is 48.9 Å². The first-order chi connectivity index (χ1) is 22.1. The highest BCUT2D eigenvalue weighted by Gasteiger charge is 2.51. The predicted octanol–water partition coefficient (Wildman–Crippen LogP) is 6.84. The summed E-state index contributed by atoms with van der Waals surface area (Å²) < 4.78 is 35.9. The van der Waals surface area contributed by atoms with E-state index < -0.39 is 11.6 Å². The monoisotopic (exact) mass is 667 g/mol. The highest BCUT2D eigenvalue weighted by molar-refractivity contribution is 7.17. The number of carbonyl (C=O) groups is 2. The van der Waals surface area contributed by atoms with Crippen LogP contribution in [0.3, 0.4) is 0 Å². The van der Waals surface area contributed by atoms with Crippen LogP contribution in [0.2, 0.25) is 5.02 Å². The highest BCUT2D eigenvalue weighted by atomic mass is 35.5. The van der Waals surface area contributed by atoms with Gasteiger partial charge in [0.15, 0.2) is 0 Å². The van der Waals surface area contributed by atoms with Crippen molar-refractivity contribution in [3.8, 4) is 17.0 Å². The number of nitrogens with two attached hydrogens (primary N) is 2. The van der Waals surface area contributed by atoms with E-state index >= 15 is 4.39 Å². The molecule has 3 aliphatic rings. The maximum absolute atomic E-state index is 15.1. The molecule has 2 aromatic heterocycles. The van der Waals surface area contributed by atoms with Crippen LogP contribution >= 0.6 is 22.9 Å². The summed E-state index contributed by atoms with van der Waals surface area (Å²) in [6.07, 6.45) is 6.02. The van der Waals surface area contributed by atoms with Crippen molar-refractivity contribution < 1.29 is 23.1 Å². The lowest BCUT2D eigenvalue weighted by Gasteiger charge is -2.22. The minimum Gasteiger partial charge on any atom is -0.490 e. The Bertz CT molecular complexity index is 1770. The van der Waals surface area contributed by atoms with E-state index in [1.807, 2.05) is 42.8 Å². The summed E-state index contributed by atoms with van der Waals surface area (Å²) in [5, 5.41) is 5.89. The molecule has 2 amide bonds. The number of aliphatic imine (C=N–C) groups is 1. The van der Waals surface area contributed by atoms with Gasteiger partial charge >= 0.3 is 0 Å². The molecular formula is C34H36ClF2N5O3S. The van der Waals surface area contributed by atoms with Gasteiger partial charge in [0.25, 0.3) is 0 Å². The molecule has 0 radical (unpaired) electrons. The number of benzene rings is 2. The normalized spacial score (nSPS) is 18.0. The van der Waals surface area contributed by atoms with E-state index in [1.165, 1.54) is 30.2 Å². The predicted molar refractivity (Wildman–Crippen MR) is 180 cm³/mol. The third kappa shape index (κ3) is 7.31. The second kappa shape index (κ2) is 14.1. The summed E-state index contributed by atoms with van der Waals surface area (Å²) in [5.41, 5.74) is 14.3. The van der Waals surface area contributed by atoms with Crippen molar-refractivity contribution in [1.29, 1.82) is 0 Å². The Morgan fingerprint density at radius 2 is 2.00 bits per heavy atom. The summed E-state index contributed by atoms with van der Waals surface area (Å²) in [7, 11) is 0. The van der Waals surface area contributed by atoms with Crippen LogP contribution < -0.4 is 21.5 Å². The molecule has 2 aromatic carbocycles. The van der Waals surface area contributed by atoms with E-state index in [2.05, 4.69) is 23.0 Å². The fourth-order valence-electron chi connectivity index (χ4n) is 5.44. The molecule has 4 aromatic rings. The van der Waals surface area contributed by atoms with E-state index in [0.29, 0.717) is 64.4 Å². The van der Waals surface area contributed by atoms with Crippen LogP contribution in [0.4, 0.5) is 14.5 Å². The number of hydrogen-bond donors (Lipinski definition) is 3. The molecule has 3 heterocycles. The lowest BCUT2D eigenvalue weighted by atomic mass is 9.92. The maximum Gasteiger partial charge on any atom is 0.207 e. The molecule has 46 heavy (non-hydrogen) atoms. The first-order valence-electron chi connectivity index (χ1n) is 15.0. The van der Waals surface area contributed by atoms with Gasteiger partial charge in [-0.2, -0.15) is 0 Å². The molecule has 0 bridgehead atoms. The molecule has 5 N–H and O–H groups in total. The quantitative estimate of drug-likeness (QED) is 0.107. The van der Waals surface area contributed by atoms with Gasteiger partial charge in [-0.15, -0.1) is 11.3 Å². The zero-order chi connectivity index (χ0) is 33.0. The number of thiophene rings is 1. The van der Waals surface area contributed by atoms with Crippen LogP contribution in [0.25, 0.3) is 21.3 Å². The number of carbonyl (C=O) groups excluding carboxylic acids is 2. The number of aromatic nitrogens is 1. The lowest BCUT2D eigenvalue weighted by Crippen LogP contribution is -2.29. The Kier molecular flexibility index (Phi) is 10.2. The second-order valence-electron chi connectivity index (χ2n) is 11.8. The molecule has 0 saturated heterocycles. The van der Waals surface area contributed by atoms with Gasteiger partial charge in [-0.3, -0.25) is 14.6 Å². The van der Waals surface area contributed by atoms with E-state index in [1.54, 1.807) is 6.07 Å². The van der Waals surface area contributed by atoms with Gasteiger partial charge < -0.3 is 21.5 Å². The van der Waals surface area contributed by atoms with Crippen LogP contribution in [0, 0.1) is 12.7 Å². The van der Waals surface area contributed by atoms with Gasteiger partial charge in [-0.1, -0.05) is 30.7 Å². The first-order valence-corrected chi connectivity index (χ1v) is 16.3. The third-order valence-electron chi connectivity index (χ3n) is 8.23. The molecule has 242 valence electrons. The molecule has 2 atom stereocenters.